The second-order valence-electron chi connectivity index (χ2n) is 8.33. The van der Waals surface area contributed by atoms with Crippen LogP contribution in [0.15, 0.2) is 54.6 Å². The van der Waals surface area contributed by atoms with Gasteiger partial charge in [0.05, 0.1) is 12.6 Å². The van der Waals surface area contributed by atoms with Gasteiger partial charge in [-0.15, -0.1) is 0 Å². The molecule has 0 unspecified atom stereocenters. The standard InChI is InChI=1S/C25H33N5O5/c1-16(27-14-20(29-17(2)31)12-19-8-10-21(32)11-9-19)24(34)30-22(25(35)28-15-23(26)33)13-18-6-4-3-5-7-18/h3-11,16,20,22,27,32H,12-15H2,1-2H3,(H2,26,33)(H,28,35)(H,29,31)(H,30,34)/t16-,20+,22+/m1/s1. The zero-order valence-corrected chi connectivity index (χ0v) is 19.9. The van der Waals surface area contributed by atoms with Crippen LogP contribution >= 0.6 is 0 Å². The molecule has 188 valence electrons. The smallest absolute Gasteiger partial charge is 0.243 e. The minimum absolute atomic E-state index is 0.151. The second kappa shape index (κ2) is 13.7. The Balaban J connectivity index is 2.00. The van der Waals surface area contributed by atoms with E-state index in [2.05, 4.69) is 21.3 Å². The van der Waals surface area contributed by atoms with Gasteiger partial charge in [0.25, 0.3) is 0 Å². The van der Waals surface area contributed by atoms with Gasteiger partial charge >= 0.3 is 0 Å². The molecule has 0 fully saturated rings. The molecular formula is C25H33N5O5. The molecular weight excluding hydrogens is 450 g/mol. The van der Waals surface area contributed by atoms with Crippen molar-refractivity contribution < 1.29 is 24.3 Å². The third kappa shape index (κ3) is 10.3. The minimum Gasteiger partial charge on any atom is -0.508 e. The van der Waals surface area contributed by atoms with E-state index in [0.717, 1.165) is 11.1 Å². The van der Waals surface area contributed by atoms with E-state index in [-0.39, 0.29) is 30.7 Å². The summed E-state index contributed by atoms with van der Waals surface area (Å²) >= 11 is 0. The number of primary amides is 1. The average Bonchev–Trinajstić information content (AvgIpc) is 2.82. The maximum Gasteiger partial charge on any atom is 0.243 e. The highest BCUT2D eigenvalue weighted by molar-refractivity contribution is 5.91. The van der Waals surface area contributed by atoms with Gasteiger partial charge in [-0.05, 0) is 36.6 Å². The number of carbonyl (C=O) groups is 4. The van der Waals surface area contributed by atoms with E-state index < -0.39 is 29.8 Å². The SMILES string of the molecule is CC(=O)N[C@H](CN[C@H](C)C(=O)N[C@@H](Cc1ccccc1)C(=O)NCC(N)=O)Cc1ccc(O)cc1. The topological polar surface area (TPSA) is 163 Å². The van der Waals surface area contributed by atoms with Gasteiger partial charge in [0.2, 0.25) is 23.6 Å². The molecule has 0 heterocycles. The quantitative estimate of drug-likeness (QED) is 0.230. The van der Waals surface area contributed by atoms with Crippen LogP contribution in [0.1, 0.15) is 25.0 Å². The van der Waals surface area contributed by atoms with E-state index in [9.17, 15) is 24.3 Å². The Morgan fingerprint density at radius 1 is 0.886 bits per heavy atom. The number of hydrogen-bond acceptors (Lipinski definition) is 6. The van der Waals surface area contributed by atoms with Gasteiger partial charge in [-0.3, -0.25) is 19.2 Å². The van der Waals surface area contributed by atoms with E-state index in [1.807, 2.05) is 30.3 Å². The van der Waals surface area contributed by atoms with E-state index >= 15 is 0 Å². The average molecular weight is 484 g/mol. The van der Waals surface area contributed by atoms with Crippen LogP contribution in [0.25, 0.3) is 0 Å². The molecule has 2 aromatic rings. The Labute approximate surface area is 204 Å². The highest BCUT2D eigenvalue weighted by atomic mass is 16.3. The van der Waals surface area contributed by atoms with Crippen molar-refractivity contribution in [2.24, 2.45) is 5.73 Å². The lowest BCUT2D eigenvalue weighted by Gasteiger charge is -2.24. The number of carbonyl (C=O) groups excluding carboxylic acids is 4. The third-order valence-corrected chi connectivity index (χ3v) is 5.24. The Morgan fingerprint density at radius 2 is 1.51 bits per heavy atom. The van der Waals surface area contributed by atoms with Gasteiger partial charge in [0.1, 0.15) is 11.8 Å². The zero-order valence-electron chi connectivity index (χ0n) is 19.9. The molecule has 0 saturated carbocycles. The van der Waals surface area contributed by atoms with Gasteiger partial charge in [0.15, 0.2) is 0 Å². The predicted octanol–water partition coefficient (Wildman–Crippen LogP) is -0.253. The van der Waals surface area contributed by atoms with Crippen LogP contribution in [-0.4, -0.2) is 60.0 Å². The third-order valence-electron chi connectivity index (χ3n) is 5.24. The Bertz CT molecular complexity index is 997. The van der Waals surface area contributed by atoms with Crippen LogP contribution in [0.2, 0.25) is 0 Å². The lowest BCUT2D eigenvalue weighted by Crippen LogP contribution is -2.55. The molecule has 4 amide bonds. The number of nitrogens with one attached hydrogen (secondary N) is 4. The van der Waals surface area contributed by atoms with Crippen molar-refractivity contribution in [1.29, 1.82) is 0 Å². The molecule has 3 atom stereocenters. The van der Waals surface area contributed by atoms with Crippen molar-refractivity contribution in [3.05, 3.63) is 65.7 Å². The number of aromatic hydroxyl groups is 1. The molecule has 0 radical (unpaired) electrons. The van der Waals surface area contributed by atoms with E-state index in [4.69, 9.17) is 5.73 Å². The van der Waals surface area contributed by atoms with Crippen molar-refractivity contribution in [1.82, 2.24) is 21.3 Å². The molecule has 35 heavy (non-hydrogen) atoms. The molecule has 0 aliphatic heterocycles. The van der Waals surface area contributed by atoms with E-state index in [0.29, 0.717) is 13.0 Å². The monoisotopic (exact) mass is 483 g/mol. The Kier molecular flexibility index (Phi) is 10.7. The molecule has 10 nitrogen and oxygen atoms in total. The summed E-state index contributed by atoms with van der Waals surface area (Å²) in [5.74, 6) is -1.67. The summed E-state index contributed by atoms with van der Waals surface area (Å²) < 4.78 is 0. The summed E-state index contributed by atoms with van der Waals surface area (Å²) in [5.41, 5.74) is 6.87. The molecule has 7 N–H and O–H groups in total. The summed E-state index contributed by atoms with van der Waals surface area (Å²) in [6, 6.07) is 14.0. The number of rotatable bonds is 13. The maximum atomic E-state index is 12.9. The largest absolute Gasteiger partial charge is 0.508 e. The van der Waals surface area contributed by atoms with Crippen LogP contribution in [0.5, 0.6) is 5.75 Å². The molecule has 0 aliphatic carbocycles. The normalized spacial score (nSPS) is 13.2. The van der Waals surface area contributed by atoms with Crippen molar-refractivity contribution in [3.63, 3.8) is 0 Å². The molecule has 2 aromatic carbocycles. The van der Waals surface area contributed by atoms with Crippen LogP contribution in [0.3, 0.4) is 0 Å². The molecule has 0 bridgehead atoms. The fraction of sp³-hybridized carbons (Fsp3) is 0.360. The lowest BCUT2D eigenvalue weighted by molar-refractivity contribution is -0.130. The summed E-state index contributed by atoms with van der Waals surface area (Å²) in [5, 5.41) is 20.6. The van der Waals surface area contributed by atoms with Gasteiger partial charge in [-0.1, -0.05) is 42.5 Å². The Morgan fingerprint density at radius 3 is 2.11 bits per heavy atom. The first-order valence-corrected chi connectivity index (χ1v) is 11.3. The van der Waals surface area contributed by atoms with Crippen LogP contribution in [0.4, 0.5) is 0 Å². The minimum atomic E-state index is -0.906. The number of hydrogen-bond donors (Lipinski definition) is 6. The predicted molar refractivity (Wildman–Crippen MR) is 131 cm³/mol. The van der Waals surface area contributed by atoms with E-state index in [1.165, 1.54) is 6.92 Å². The summed E-state index contributed by atoms with van der Waals surface area (Å²) in [6.07, 6.45) is 0.729. The van der Waals surface area contributed by atoms with Crippen molar-refractivity contribution in [3.8, 4) is 5.75 Å². The number of benzene rings is 2. The van der Waals surface area contributed by atoms with Crippen LogP contribution in [-0.2, 0) is 32.0 Å². The molecule has 0 aromatic heterocycles. The summed E-state index contributed by atoms with van der Waals surface area (Å²) in [6.45, 7) is 3.04. The fourth-order valence-corrected chi connectivity index (χ4v) is 3.44. The van der Waals surface area contributed by atoms with Gasteiger partial charge in [-0.25, -0.2) is 0 Å². The number of amides is 4. The first-order chi connectivity index (χ1) is 16.6. The van der Waals surface area contributed by atoms with Crippen molar-refractivity contribution in [2.45, 2.75) is 44.8 Å². The van der Waals surface area contributed by atoms with Gasteiger partial charge in [-0.2, -0.15) is 0 Å². The first kappa shape index (κ1) is 27.3. The number of phenolic OH excluding ortho intramolecular Hbond substituents is 1. The number of phenols is 1. The van der Waals surface area contributed by atoms with Crippen LogP contribution < -0.4 is 27.0 Å². The lowest BCUT2D eigenvalue weighted by atomic mass is 10.0. The second-order valence-corrected chi connectivity index (χ2v) is 8.33. The van der Waals surface area contributed by atoms with Gasteiger partial charge < -0.3 is 32.1 Å². The fourth-order valence-electron chi connectivity index (χ4n) is 3.44. The first-order valence-electron chi connectivity index (χ1n) is 11.3. The summed E-state index contributed by atoms with van der Waals surface area (Å²) in [7, 11) is 0. The maximum absolute atomic E-state index is 12.9. The van der Waals surface area contributed by atoms with Crippen LogP contribution in [0, 0.1) is 0 Å². The molecule has 0 spiro atoms. The van der Waals surface area contributed by atoms with Gasteiger partial charge in [0, 0.05) is 25.9 Å². The molecule has 0 saturated heterocycles. The van der Waals surface area contributed by atoms with E-state index in [1.54, 1.807) is 31.2 Å². The summed E-state index contributed by atoms with van der Waals surface area (Å²) in [4.78, 5) is 48.2. The van der Waals surface area contributed by atoms with Crippen molar-refractivity contribution >= 4 is 23.6 Å². The Hall–Kier alpha value is -3.92. The molecule has 0 aliphatic rings. The molecule has 10 heteroatoms. The highest BCUT2D eigenvalue weighted by Gasteiger charge is 2.24. The zero-order chi connectivity index (χ0) is 25.8. The number of nitrogens with two attached hydrogens (primary N) is 1. The van der Waals surface area contributed by atoms with Crippen molar-refractivity contribution in [2.75, 3.05) is 13.1 Å². The highest BCUT2D eigenvalue weighted by Crippen LogP contribution is 2.11. The molecule has 2 rings (SSSR count).